The van der Waals surface area contributed by atoms with E-state index in [9.17, 15) is 4.79 Å². The fourth-order valence-electron chi connectivity index (χ4n) is 2.95. The maximum atomic E-state index is 12.6. The predicted molar refractivity (Wildman–Crippen MR) is 122 cm³/mol. The van der Waals surface area contributed by atoms with Gasteiger partial charge in [-0.25, -0.2) is 4.98 Å². The summed E-state index contributed by atoms with van der Waals surface area (Å²) in [6.07, 6.45) is 2.47. The molecule has 0 unspecified atom stereocenters. The Morgan fingerprint density at radius 1 is 1.21 bits per heavy atom. The van der Waals surface area contributed by atoms with Gasteiger partial charge in [0.15, 0.2) is 0 Å². The summed E-state index contributed by atoms with van der Waals surface area (Å²) < 4.78 is 5.19. The van der Waals surface area contributed by atoms with E-state index in [-0.39, 0.29) is 5.91 Å². The zero-order valence-corrected chi connectivity index (χ0v) is 18.7. The van der Waals surface area contributed by atoms with Crippen LogP contribution in [-0.4, -0.2) is 18.0 Å². The van der Waals surface area contributed by atoms with Crippen LogP contribution in [0.25, 0.3) is 11.3 Å². The van der Waals surface area contributed by atoms with E-state index in [2.05, 4.69) is 5.32 Å². The number of hydrogen-bond donors (Lipinski definition) is 1. The zero-order chi connectivity index (χ0) is 21.0. The summed E-state index contributed by atoms with van der Waals surface area (Å²) in [6.45, 7) is 5.88. The van der Waals surface area contributed by atoms with E-state index in [0.29, 0.717) is 22.2 Å². The second-order valence-corrected chi connectivity index (χ2v) is 7.97. The largest absolute Gasteiger partial charge is 0.497 e. The molecule has 1 heterocycles. The molecule has 1 aliphatic carbocycles. The van der Waals surface area contributed by atoms with E-state index < -0.39 is 0 Å². The number of hydrogen-bond acceptors (Lipinski definition) is 4. The predicted octanol–water partition coefficient (Wildman–Crippen LogP) is 6.94. The summed E-state index contributed by atoms with van der Waals surface area (Å²) in [6, 6.07) is 10.9. The SMILES string of the molecule is CC.COc1ccc(C(=O)Nc2ccc(-c3csc(C4CC4)n3)c(Cl)c2)c(C)c1. The summed E-state index contributed by atoms with van der Waals surface area (Å²) in [5.41, 5.74) is 3.89. The van der Waals surface area contributed by atoms with Gasteiger partial charge in [0, 0.05) is 28.1 Å². The lowest BCUT2D eigenvalue weighted by atomic mass is 10.1. The molecule has 1 saturated carbocycles. The first-order chi connectivity index (χ1) is 14.0. The number of ether oxygens (including phenoxy) is 1. The van der Waals surface area contributed by atoms with Crippen LogP contribution in [-0.2, 0) is 0 Å². The van der Waals surface area contributed by atoms with Crippen LogP contribution < -0.4 is 10.1 Å². The number of carbonyl (C=O) groups is 1. The molecule has 152 valence electrons. The summed E-state index contributed by atoms with van der Waals surface area (Å²) in [7, 11) is 1.61. The van der Waals surface area contributed by atoms with Crippen LogP contribution in [0.5, 0.6) is 5.75 Å². The van der Waals surface area contributed by atoms with Crippen LogP contribution in [0.1, 0.15) is 53.5 Å². The van der Waals surface area contributed by atoms with Crippen LogP contribution in [0.15, 0.2) is 41.8 Å². The Balaban J connectivity index is 0.00000117. The van der Waals surface area contributed by atoms with Gasteiger partial charge in [0.2, 0.25) is 0 Å². The van der Waals surface area contributed by atoms with Gasteiger partial charge in [-0.15, -0.1) is 11.3 Å². The normalized spacial score (nSPS) is 12.7. The molecule has 0 atom stereocenters. The van der Waals surface area contributed by atoms with E-state index >= 15 is 0 Å². The third kappa shape index (κ3) is 4.98. The van der Waals surface area contributed by atoms with Crippen molar-refractivity contribution >= 4 is 34.5 Å². The number of nitrogens with zero attached hydrogens (tertiary/aromatic N) is 1. The van der Waals surface area contributed by atoms with Gasteiger partial charge in [0.05, 0.1) is 22.8 Å². The summed E-state index contributed by atoms with van der Waals surface area (Å²) >= 11 is 8.16. The number of halogens is 1. The van der Waals surface area contributed by atoms with Crippen LogP contribution in [0.4, 0.5) is 5.69 Å². The molecule has 3 aromatic rings. The third-order valence-corrected chi connectivity index (χ3v) is 5.95. The fraction of sp³-hybridized carbons (Fsp3) is 0.304. The maximum Gasteiger partial charge on any atom is 0.255 e. The summed E-state index contributed by atoms with van der Waals surface area (Å²) in [5.74, 6) is 1.18. The number of benzene rings is 2. The highest BCUT2D eigenvalue weighted by Crippen LogP contribution is 2.43. The lowest BCUT2D eigenvalue weighted by molar-refractivity contribution is 0.102. The molecule has 0 saturated heterocycles. The van der Waals surface area contributed by atoms with Gasteiger partial charge in [-0.2, -0.15) is 0 Å². The molecule has 4 rings (SSSR count). The number of aryl methyl sites for hydroxylation is 1. The Morgan fingerprint density at radius 3 is 2.59 bits per heavy atom. The molecule has 0 spiro atoms. The standard InChI is InChI=1S/C21H19ClN2O2S.C2H6/c1-12-9-15(26-2)6-8-16(12)20(25)23-14-5-7-17(18(22)10-14)19-11-27-21(24-19)13-3-4-13;1-2/h5-11,13H,3-4H2,1-2H3,(H,23,25);1-2H3. The number of methoxy groups -OCH3 is 1. The first kappa shape index (κ1) is 21.3. The average Bonchev–Trinajstić information content (AvgIpc) is 3.47. The Labute approximate surface area is 180 Å². The van der Waals surface area contributed by atoms with Crippen molar-refractivity contribution in [3.8, 4) is 17.0 Å². The van der Waals surface area contributed by atoms with Crippen LogP contribution in [0.3, 0.4) is 0 Å². The quantitative estimate of drug-likeness (QED) is 0.479. The smallest absolute Gasteiger partial charge is 0.255 e. The molecule has 0 bridgehead atoms. The van der Waals surface area contributed by atoms with Gasteiger partial charge in [0.25, 0.3) is 5.91 Å². The van der Waals surface area contributed by atoms with Crippen molar-refractivity contribution in [3.05, 3.63) is 62.9 Å². The lowest BCUT2D eigenvalue weighted by Gasteiger charge is -2.10. The number of nitrogens with one attached hydrogen (secondary N) is 1. The Morgan fingerprint density at radius 2 is 1.97 bits per heavy atom. The molecular weight excluding hydrogens is 404 g/mol. The molecule has 1 amide bonds. The number of thiazole rings is 1. The second kappa shape index (κ2) is 9.42. The minimum atomic E-state index is -0.177. The molecule has 1 fully saturated rings. The van der Waals surface area contributed by atoms with Crippen molar-refractivity contribution < 1.29 is 9.53 Å². The Bertz CT molecular complexity index is 1010. The monoisotopic (exact) mass is 428 g/mol. The van der Waals surface area contributed by atoms with Crippen molar-refractivity contribution in [2.75, 3.05) is 12.4 Å². The molecule has 1 aromatic heterocycles. The van der Waals surface area contributed by atoms with E-state index in [1.807, 2.05) is 44.4 Å². The fourth-order valence-corrected chi connectivity index (χ4v) is 4.21. The molecule has 29 heavy (non-hydrogen) atoms. The lowest BCUT2D eigenvalue weighted by Crippen LogP contribution is -2.13. The number of rotatable bonds is 5. The molecule has 1 aliphatic rings. The molecule has 0 aliphatic heterocycles. The highest BCUT2D eigenvalue weighted by atomic mass is 35.5. The minimum absolute atomic E-state index is 0.177. The van der Waals surface area contributed by atoms with Gasteiger partial charge in [-0.05, 0) is 61.7 Å². The van der Waals surface area contributed by atoms with Crippen molar-refractivity contribution in [1.29, 1.82) is 0 Å². The van der Waals surface area contributed by atoms with E-state index in [0.717, 1.165) is 22.6 Å². The number of anilines is 1. The van der Waals surface area contributed by atoms with Gasteiger partial charge in [0.1, 0.15) is 5.75 Å². The van der Waals surface area contributed by atoms with Crippen molar-refractivity contribution in [1.82, 2.24) is 4.98 Å². The van der Waals surface area contributed by atoms with Crippen LogP contribution in [0.2, 0.25) is 5.02 Å². The van der Waals surface area contributed by atoms with Gasteiger partial charge in [-0.1, -0.05) is 25.4 Å². The van der Waals surface area contributed by atoms with E-state index in [4.69, 9.17) is 21.3 Å². The summed E-state index contributed by atoms with van der Waals surface area (Å²) in [5, 5.41) is 6.72. The Kier molecular flexibility index (Phi) is 6.93. The second-order valence-electron chi connectivity index (χ2n) is 6.67. The zero-order valence-electron chi connectivity index (χ0n) is 17.1. The molecule has 1 N–H and O–H groups in total. The van der Waals surface area contributed by atoms with Gasteiger partial charge < -0.3 is 10.1 Å². The van der Waals surface area contributed by atoms with E-state index in [1.54, 1.807) is 36.6 Å². The van der Waals surface area contributed by atoms with E-state index in [1.165, 1.54) is 17.8 Å². The molecule has 2 aromatic carbocycles. The molecule has 4 nitrogen and oxygen atoms in total. The number of aromatic nitrogens is 1. The first-order valence-corrected chi connectivity index (χ1v) is 11.0. The maximum absolute atomic E-state index is 12.6. The van der Waals surface area contributed by atoms with Gasteiger partial charge >= 0.3 is 0 Å². The molecular formula is C23H25ClN2O2S. The number of amides is 1. The van der Waals surface area contributed by atoms with Crippen LogP contribution >= 0.6 is 22.9 Å². The molecule has 0 radical (unpaired) electrons. The topological polar surface area (TPSA) is 51.2 Å². The Hall–Kier alpha value is -2.37. The van der Waals surface area contributed by atoms with Crippen molar-refractivity contribution in [3.63, 3.8) is 0 Å². The number of carbonyl (C=O) groups excluding carboxylic acids is 1. The third-order valence-electron chi connectivity index (χ3n) is 4.63. The van der Waals surface area contributed by atoms with Gasteiger partial charge in [-0.3, -0.25) is 4.79 Å². The van der Waals surface area contributed by atoms with Crippen molar-refractivity contribution in [2.45, 2.75) is 39.5 Å². The summed E-state index contributed by atoms with van der Waals surface area (Å²) in [4.78, 5) is 17.3. The van der Waals surface area contributed by atoms with Crippen LogP contribution in [0, 0.1) is 6.92 Å². The highest BCUT2D eigenvalue weighted by molar-refractivity contribution is 7.10. The minimum Gasteiger partial charge on any atom is -0.497 e. The highest BCUT2D eigenvalue weighted by Gasteiger charge is 2.27. The average molecular weight is 429 g/mol. The molecule has 6 heteroatoms. The van der Waals surface area contributed by atoms with Crippen molar-refractivity contribution in [2.24, 2.45) is 0 Å². The first-order valence-electron chi connectivity index (χ1n) is 9.76.